The summed E-state index contributed by atoms with van der Waals surface area (Å²) in [4.78, 5) is 9.11. The van der Waals surface area contributed by atoms with Crippen molar-refractivity contribution in [3.8, 4) is 0 Å². The minimum absolute atomic E-state index is 0.442. The highest BCUT2D eigenvalue weighted by atomic mass is 35.5. The Bertz CT molecular complexity index is 582. The number of benzene rings is 1. The monoisotopic (exact) mass is 289 g/mol. The van der Waals surface area contributed by atoms with Gasteiger partial charge in [0.05, 0.1) is 5.69 Å². The molecule has 1 aromatic carbocycles. The van der Waals surface area contributed by atoms with Gasteiger partial charge in [-0.2, -0.15) is 0 Å². The van der Waals surface area contributed by atoms with E-state index >= 15 is 0 Å². The molecule has 0 saturated heterocycles. The summed E-state index contributed by atoms with van der Waals surface area (Å²) in [5.74, 6) is 0.818. The van der Waals surface area contributed by atoms with Gasteiger partial charge in [-0.15, -0.1) is 0 Å². The van der Waals surface area contributed by atoms with Gasteiger partial charge in [-0.3, -0.25) is 0 Å². The smallest absolute Gasteiger partial charge is 0.133 e. The van der Waals surface area contributed by atoms with Crippen molar-refractivity contribution in [1.82, 2.24) is 15.3 Å². The Hall–Kier alpha value is -1.45. The summed E-state index contributed by atoms with van der Waals surface area (Å²) in [6, 6.07) is 10.3. The molecule has 0 saturated carbocycles. The van der Waals surface area contributed by atoms with E-state index in [0.717, 1.165) is 34.3 Å². The van der Waals surface area contributed by atoms with Crippen LogP contribution in [0.25, 0.3) is 0 Å². The first-order chi connectivity index (χ1) is 9.54. The Balaban J connectivity index is 2.17. The maximum atomic E-state index is 6.19. The number of nitrogens with zero attached hydrogens (tertiary/aromatic N) is 2. The van der Waals surface area contributed by atoms with Gasteiger partial charge in [0.1, 0.15) is 5.82 Å². The lowest BCUT2D eigenvalue weighted by atomic mass is 10.1. The topological polar surface area (TPSA) is 37.8 Å². The molecule has 20 heavy (non-hydrogen) atoms. The van der Waals surface area contributed by atoms with Gasteiger partial charge in [-0.1, -0.05) is 43.6 Å². The summed E-state index contributed by atoms with van der Waals surface area (Å²) in [6.45, 7) is 7.00. The molecule has 0 atom stereocenters. The van der Waals surface area contributed by atoms with Crippen LogP contribution in [0.3, 0.4) is 0 Å². The molecular formula is C16H20ClN3. The van der Waals surface area contributed by atoms with Crippen molar-refractivity contribution in [3.05, 3.63) is 58.1 Å². The average Bonchev–Trinajstić information content (AvgIpc) is 2.38. The molecule has 0 fully saturated rings. The fraction of sp³-hybridized carbons (Fsp3) is 0.375. The molecule has 0 unspecified atom stereocenters. The van der Waals surface area contributed by atoms with Crippen LogP contribution in [-0.2, 0) is 13.0 Å². The van der Waals surface area contributed by atoms with Crippen LogP contribution in [0.1, 0.15) is 36.6 Å². The van der Waals surface area contributed by atoms with Crippen LogP contribution in [0, 0.1) is 6.92 Å². The van der Waals surface area contributed by atoms with E-state index in [1.54, 1.807) is 0 Å². The SMILES string of the molecule is Cc1cc(CNC(C)C)nc(Cc2ccccc2Cl)n1. The molecule has 106 valence electrons. The van der Waals surface area contributed by atoms with Crippen LogP contribution in [0.2, 0.25) is 5.02 Å². The van der Waals surface area contributed by atoms with E-state index in [4.69, 9.17) is 11.6 Å². The number of hydrogen-bond donors (Lipinski definition) is 1. The second kappa shape index (κ2) is 6.82. The molecule has 0 radical (unpaired) electrons. The molecular weight excluding hydrogens is 270 g/mol. The van der Waals surface area contributed by atoms with Crippen molar-refractivity contribution in [2.45, 2.75) is 39.8 Å². The van der Waals surface area contributed by atoms with Crippen LogP contribution < -0.4 is 5.32 Å². The standard InChI is InChI=1S/C16H20ClN3/c1-11(2)18-10-14-8-12(3)19-16(20-14)9-13-6-4-5-7-15(13)17/h4-8,11,18H,9-10H2,1-3H3. The lowest BCUT2D eigenvalue weighted by Gasteiger charge is -2.10. The van der Waals surface area contributed by atoms with E-state index in [1.165, 1.54) is 0 Å². The predicted molar refractivity (Wildman–Crippen MR) is 83.0 cm³/mol. The van der Waals surface area contributed by atoms with Gasteiger partial charge < -0.3 is 5.32 Å². The van der Waals surface area contributed by atoms with Gasteiger partial charge in [-0.05, 0) is 24.6 Å². The molecule has 0 aliphatic rings. The van der Waals surface area contributed by atoms with E-state index in [1.807, 2.05) is 37.3 Å². The maximum Gasteiger partial charge on any atom is 0.133 e. The van der Waals surface area contributed by atoms with Crippen molar-refractivity contribution < 1.29 is 0 Å². The number of aryl methyl sites for hydroxylation is 1. The number of aromatic nitrogens is 2. The summed E-state index contributed by atoms with van der Waals surface area (Å²) in [5, 5.41) is 4.14. The molecule has 2 aromatic rings. The predicted octanol–water partition coefficient (Wildman–Crippen LogP) is 3.53. The minimum Gasteiger partial charge on any atom is -0.309 e. The number of nitrogens with one attached hydrogen (secondary N) is 1. The molecule has 2 rings (SSSR count). The molecule has 1 heterocycles. The fourth-order valence-electron chi connectivity index (χ4n) is 1.99. The number of rotatable bonds is 5. The molecule has 0 aliphatic heterocycles. The molecule has 4 heteroatoms. The van der Waals surface area contributed by atoms with Crippen molar-refractivity contribution in [2.75, 3.05) is 0 Å². The summed E-state index contributed by atoms with van der Waals surface area (Å²) < 4.78 is 0. The third-order valence-corrected chi connectivity index (χ3v) is 3.32. The van der Waals surface area contributed by atoms with E-state index < -0.39 is 0 Å². The zero-order valence-corrected chi connectivity index (χ0v) is 12.9. The van der Waals surface area contributed by atoms with Crippen LogP contribution in [0.5, 0.6) is 0 Å². The summed E-state index contributed by atoms with van der Waals surface area (Å²) >= 11 is 6.19. The van der Waals surface area contributed by atoms with Gasteiger partial charge in [0, 0.05) is 29.7 Å². The van der Waals surface area contributed by atoms with E-state index in [9.17, 15) is 0 Å². The number of halogens is 1. The Labute approximate surface area is 125 Å². The zero-order chi connectivity index (χ0) is 14.5. The molecule has 0 amide bonds. The highest BCUT2D eigenvalue weighted by molar-refractivity contribution is 6.31. The Morgan fingerprint density at radius 3 is 2.65 bits per heavy atom. The van der Waals surface area contributed by atoms with Crippen LogP contribution >= 0.6 is 11.6 Å². The first kappa shape index (κ1) is 14.9. The lowest BCUT2D eigenvalue weighted by molar-refractivity contribution is 0.578. The van der Waals surface area contributed by atoms with Gasteiger partial charge in [-0.25, -0.2) is 9.97 Å². The molecule has 0 bridgehead atoms. The molecule has 0 aliphatic carbocycles. The average molecular weight is 290 g/mol. The maximum absolute atomic E-state index is 6.19. The Morgan fingerprint density at radius 2 is 1.95 bits per heavy atom. The molecule has 1 N–H and O–H groups in total. The van der Waals surface area contributed by atoms with Gasteiger partial charge in [0.15, 0.2) is 0 Å². The fourth-order valence-corrected chi connectivity index (χ4v) is 2.19. The van der Waals surface area contributed by atoms with Crippen molar-refractivity contribution in [1.29, 1.82) is 0 Å². The lowest BCUT2D eigenvalue weighted by Crippen LogP contribution is -2.23. The normalized spacial score (nSPS) is 11.1. The van der Waals surface area contributed by atoms with E-state index in [2.05, 4.69) is 29.1 Å². The van der Waals surface area contributed by atoms with Gasteiger partial charge in [0.25, 0.3) is 0 Å². The largest absolute Gasteiger partial charge is 0.309 e. The first-order valence-corrected chi connectivity index (χ1v) is 7.22. The zero-order valence-electron chi connectivity index (χ0n) is 12.2. The van der Waals surface area contributed by atoms with Crippen LogP contribution in [0.15, 0.2) is 30.3 Å². The van der Waals surface area contributed by atoms with Crippen molar-refractivity contribution >= 4 is 11.6 Å². The van der Waals surface area contributed by atoms with E-state index in [0.29, 0.717) is 12.5 Å². The third-order valence-electron chi connectivity index (χ3n) is 2.95. The highest BCUT2D eigenvalue weighted by Gasteiger charge is 2.06. The Morgan fingerprint density at radius 1 is 1.20 bits per heavy atom. The van der Waals surface area contributed by atoms with Gasteiger partial charge in [0.2, 0.25) is 0 Å². The molecule has 0 spiro atoms. The second-order valence-electron chi connectivity index (χ2n) is 5.22. The molecule has 1 aromatic heterocycles. The minimum atomic E-state index is 0.442. The summed E-state index contributed by atoms with van der Waals surface area (Å²) in [6.07, 6.45) is 0.663. The van der Waals surface area contributed by atoms with Crippen LogP contribution in [-0.4, -0.2) is 16.0 Å². The molecule has 3 nitrogen and oxygen atoms in total. The van der Waals surface area contributed by atoms with Crippen molar-refractivity contribution in [3.63, 3.8) is 0 Å². The van der Waals surface area contributed by atoms with Crippen LogP contribution in [0.4, 0.5) is 0 Å². The number of hydrogen-bond acceptors (Lipinski definition) is 3. The summed E-state index contributed by atoms with van der Waals surface area (Å²) in [7, 11) is 0. The van der Waals surface area contributed by atoms with Crippen molar-refractivity contribution in [2.24, 2.45) is 0 Å². The quantitative estimate of drug-likeness (QED) is 0.915. The Kier molecular flexibility index (Phi) is 5.10. The second-order valence-corrected chi connectivity index (χ2v) is 5.63. The summed E-state index contributed by atoms with van der Waals surface area (Å²) in [5.41, 5.74) is 3.07. The first-order valence-electron chi connectivity index (χ1n) is 6.85. The third kappa shape index (κ3) is 4.29. The van der Waals surface area contributed by atoms with Gasteiger partial charge >= 0.3 is 0 Å². The highest BCUT2D eigenvalue weighted by Crippen LogP contribution is 2.17. The van der Waals surface area contributed by atoms with E-state index in [-0.39, 0.29) is 0 Å².